The molecular formula is C11H18N4. The molecule has 0 bridgehead atoms. The van der Waals surface area contributed by atoms with Gasteiger partial charge in [-0.2, -0.15) is 0 Å². The van der Waals surface area contributed by atoms with Crippen LogP contribution in [0.1, 0.15) is 36.5 Å². The first-order chi connectivity index (χ1) is 7.13. The minimum absolute atomic E-state index is 0.401. The number of nitrogens with zero attached hydrogens (tertiary/aromatic N) is 3. The fourth-order valence-corrected chi connectivity index (χ4v) is 2.33. The van der Waals surface area contributed by atoms with Gasteiger partial charge in [-0.05, 0) is 26.8 Å². The Morgan fingerprint density at radius 2 is 2.20 bits per heavy atom. The number of aromatic nitrogens is 2. The van der Waals surface area contributed by atoms with Crippen molar-refractivity contribution in [2.45, 2.75) is 32.7 Å². The van der Waals surface area contributed by atoms with E-state index in [1.54, 1.807) is 0 Å². The Hall–Kier alpha value is -1.16. The molecule has 1 aromatic rings. The maximum absolute atomic E-state index is 5.93. The summed E-state index contributed by atoms with van der Waals surface area (Å²) in [6.45, 7) is 5.13. The topological polar surface area (TPSA) is 55.0 Å². The van der Waals surface area contributed by atoms with Gasteiger partial charge in [-0.25, -0.2) is 9.97 Å². The highest BCUT2D eigenvalue weighted by Crippen LogP contribution is 2.31. The molecule has 4 heteroatoms. The van der Waals surface area contributed by atoms with Crippen molar-refractivity contribution in [1.82, 2.24) is 14.9 Å². The van der Waals surface area contributed by atoms with Crippen molar-refractivity contribution in [3.05, 3.63) is 17.1 Å². The fraction of sp³-hybridized carbons (Fsp3) is 0.636. The van der Waals surface area contributed by atoms with Crippen molar-refractivity contribution in [2.24, 2.45) is 0 Å². The molecule has 0 aromatic carbocycles. The van der Waals surface area contributed by atoms with Crippen molar-refractivity contribution in [1.29, 1.82) is 0 Å². The van der Waals surface area contributed by atoms with E-state index < -0.39 is 0 Å². The van der Waals surface area contributed by atoms with Crippen molar-refractivity contribution in [3.63, 3.8) is 0 Å². The SMILES string of the molecule is CCC1c2nc(C)nc(N)c2CCN1C. The van der Waals surface area contributed by atoms with E-state index in [4.69, 9.17) is 5.73 Å². The van der Waals surface area contributed by atoms with E-state index >= 15 is 0 Å². The third kappa shape index (κ3) is 1.69. The van der Waals surface area contributed by atoms with Crippen molar-refractivity contribution in [3.8, 4) is 0 Å². The highest BCUT2D eigenvalue weighted by atomic mass is 15.2. The van der Waals surface area contributed by atoms with Gasteiger partial charge in [-0.15, -0.1) is 0 Å². The average Bonchev–Trinajstić information content (AvgIpc) is 2.17. The molecule has 0 radical (unpaired) electrons. The molecule has 1 aromatic heterocycles. The Bertz CT molecular complexity index is 375. The lowest BCUT2D eigenvalue weighted by Crippen LogP contribution is -2.33. The zero-order chi connectivity index (χ0) is 11.0. The Balaban J connectivity index is 2.52. The summed E-state index contributed by atoms with van der Waals surface area (Å²) < 4.78 is 0. The third-order valence-electron chi connectivity index (χ3n) is 3.13. The van der Waals surface area contributed by atoms with Crippen molar-refractivity contribution in [2.75, 3.05) is 19.3 Å². The molecule has 15 heavy (non-hydrogen) atoms. The number of rotatable bonds is 1. The quantitative estimate of drug-likeness (QED) is 0.752. The summed E-state index contributed by atoms with van der Waals surface area (Å²) in [6, 6.07) is 0.401. The van der Waals surface area contributed by atoms with Crippen LogP contribution in [0.15, 0.2) is 0 Å². The van der Waals surface area contributed by atoms with Gasteiger partial charge >= 0.3 is 0 Å². The maximum Gasteiger partial charge on any atom is 0.130 e. The van der Waals surface area contributed by atoms with E-state index in [9.17, 15) is 0 Å². The van der Waals surface area contributed by atoms with Gasteiger partial charge in [0.25, 0.3) is 0 Å². The molecule has 1 aliphatic rings. The first-order valence-electron chi connectivity index (χ1n) is 5.46. The summed E-state index contributed by atoms with van der Waals surface area (Å²) in [5.74, 6) is 1.45. The second-order valence-electron chi connectivity index (χ2n) is 4.17. The van der Waals surface area contributed by atoms with E-state index in [0.29, 0.717) is 11.9 Å². The molecule has 4 nitrogen and oxygen atoms in total. The monoisotopic (exact) mass is 206 g/mol. The summed E-state index contributed by atoms with van der Waals surface area (Å²) in [7, 11) is 2.14. The molecule has 0 saturated heterocycles. The lowest BCUT2D eigenvalue weighted by molar-refractivity contribution is 0.219. The van der Waals surface area contributed by atoms with Crippen LogP contribution in [0.25, 0.3) is 0 Å². The first-order valence-corrected chi connectivity index (χ1v) is 5.46. The lowest BCUT2D eigenvalue weighted by Gasteiger charge is -2.33. The smallest absolute Gasteiger partial charge is 0.130 e. The molecule has 1 atom stereocenters. The number of hydrogen-bond donors (Lipinski definition) is 1. The molecule has 0 saturated carbocycles. The van der Waals surface area contributed by atoms with Crippen LogP contribution in [0, 0.1) is 6.92 Å². The summed E-state index contributed by atoms with van der Waals surface area (Å²) in [5.41, 5.74) is 8.23. The number of nitrogens with two attached hydrogens (primary N) is 1. The van der Waals surface area contributed by atoms with Crippen LogP contribution in [0.5, 0.6) is 0 Å². The lowest BCUT2D eigenvalue weighted by atomic mass is 9.97. The highest BCUT2D eigenvalue weighted by Gasteiger charge is 2.26. The predicted molar refractivity (Wildman–Crippen MR) is 60.5 cm³/mol. The molecule has 0 amide bonds. The van der Waals surface area contributed by atoms with E-state index in [1.807, 2.05) is 6.92 Å². The van der Waals surface area contributed by atoms with Crippen LogP contribution >= 0.6 is 0 Å². The van der Waals surface area contributed by atoms with Gasteiger partial charge < -0.3 is 5.73 Å². The van der Waals surface area contributed by atoms with Crippen molar-refractivity contribution < 1.29 is 0 Å². The predicted octanol–water partition coefficient (Wildman–Crippen LogP) is 1.31. The first kappa shape index (κ1) is 10.4. The number of fused-ring (bicyclic) bond motifs is 1. The normalized spacial score (nSPS) is 21.4. The summed E-state index contributed by atoms with van der Waals surface area (Å²) in [5, 5.41) is 0. The van der Waals surface area contributed by atoms with E-state index in [2.05, 4.69) is 28.8 Å². The summed E-state index contributed by atoms with van der Waals surface area (Å²) >= 11 is 0. The van der Waals surface area contributed by atoms with Gasteiger partial charge in [0.2, 0.25) is 0 Å². The van der Waals surface area contributed by atoms with Gasteiger partial charge in [0.15, 0.2) is 0 Å². The molecule has 0 aliphatic carbocycles. The standard InChI is InChI=1S/C11H18N4/c1-4-9-10-8(5-6-15(9)3)11(12)14-7(2)13-10/h9H,4-6H2,1-3H3,(H2,12,13,14). The molecule has 2 heterocycles. The molecule has 82 valence electrons. The molecule has 2 N–H and O–H groups in total. The van der Waals surface area contributed by atoms with Gasteiger partial charge in [-0.3, -0.25) is 4.90 Å². The van der Waals surface area contributed by atoms with Crippen LogP contribution in [-0.4, -0.2) is 28.5 Å². The number of nitrogen functional groups attached to an aromatic ring is 1. The molecule has 0 fully saturated rings. The molecular weight excluding hydrogens is 188 g/mol. The van der Waals surface area contributed by atoms with E-state index in [1.165, 1.54) is 0 Å². The number of likely N-dealkylation sites (N-methyl/N-ethyl adjacent to an activating group) is 1. The minimum atomic E-state index is 0.401. The number of anilines is 1. The van der Waals surface area contributed by atoms with Crippen LogP contribution in [0.2, 0.25) is 0 Å². The Kier molecular flexibility index (Phi) is 2.61. The number of hydrogen-bond acceptors (Lipinski definition) is 4. The van der Waals surface area contributed by atoms with Crippen LogP contribution in [0.3, 0.4) is 0 Å². The summed E-state index contributed by atoms with van der Waals surface area (Å²) in [6.07, 6.45) is 2.04. The maximum atomic E-state index is 5.93. The number of aryl methyl sites for hydroxylation is 1. The molecule has 1 unspecified atom stereocenters. The average molecular weight is 206 g/mol. The zero-order valence-corrected chi connectivity index (χ0v) is 9.62. The Morgan fingerprint density at radius 1 is 1.47 bits per heavy atom. The highest BCUT2D eigenvalue weighted by molar-refractivity contribution is 5.44. The van der Waals surface area contributed by atoms with Gasteiger partial charge in [0.1, 0.15) is 11.6 Å². The second-order valence-corrected chi connectivity index (χ2v) is 4.17. The van der Waals surface area contributed by atoms with Crippen molar-refractivity contribution >= 4 is 5.82 Å². The zero-order valence-electron chi connectivity index (χ0n) is 9.62. The second kappa shape index (κ2) is 3.77. The Labute approximate surface area is 90.5 Å². The molecule has 2 rings (SSSR count). The van der Waals surface area contributed by atoms with E-state index in [-0.39, 0.29) is 0 Å². The summed E-state index contributed by atoms with van der Waals surface area (Å²) in [4.78, 5) is 11.1. The molecule has 1 aliphatic heterocycles. The largest absolute Gasteiger partial charge is 0.383 e. The van der Waals surface area contributed by atoms with Crippen LogP contribution < -0.4 is 5.73 Å². The van der Waals surface area contributed by atoms with Gasteiger partial charge in [-0.1, -0.05) is 6.92 Å². The van der Waals surface area contributed by atoms with Crippen LogP contribution in [-0.2, 0) is 6.42 Å². The van der Waals surface area contributed by atoms with E-state index in [0.717, 1.165) is 36.5 Å². The molecule has 0 spiro atoms. The van der Waals surface area contributed by atoms with Gasteiger partial charge in [0.05, 0.1) is 11.7 Å². The van der Waals surface area contributed by atoms with Crippen LogP contribution in [0.4, 0.5) is 5.82 Å². The minimum Gasteiger partial charge on any atom is -0.383 e. The van der Waals surface area contributed by atoms with Gasteiger partial charge in [0, 0.05) is 12.1 Å². The third-order valence-corrected chi connectivity index (χ3v) is 3.13. The Morgan fingerprint density at radius 3 is 2.87 bits per heavy atom. The fourth-order valence-electron chi connectivity index (χ4n) is 2.33.